The van der Waals surface area contributed by atoms with Crippen LogP contribution >= 0.6 is 0 Å². The Morgan fingerprint density at radius 1 is 0.960 bits per heavy atom. The average Bonchev–Trinajstić information content (AvgIpc) is 2.67. The number of benzene rings is 2. The molecule has 0 radical (unpaired) electrons. The summed E-state index contributed by atoms with van der Waals surface area (Å²) in [6.45, 7) is 3.42. The third-order valence-corrected chi connectivity index (χ3v) is 4.16. The molecule has 0 unspecified atom stereocenters. The van der Waals surface area contributed by atoms with E-state index in [1.165, 1.54) is 24.3 Å². The normalized spacial score (nSPS) is 14.2. The van der Waals surface area contributed by atoms with Gasteiger partial charge in [-0.25, -0.2) is 4.39 Å². The van der Waals surface area contributed by atoms with Gasteiger partial charge in [0.25, 0.3) is 11.8 Å². The van der Waals surface area contributed by atoms with E-state index >= 15 is 0 Å². The zero-order valence-electron chi connectivity index (χ0n) is 13.8. The highest BCUT2D eigenvalue weighted by Crippen LogP contribution is 2.09. The standard InChI is InChI=1S/C19H20FN3O2/c20-17-7-5-15(6-8-17)18(24)22-13-14-1-3-16(4-2-14)19(25)23-11-9-21-10-12-23/h1-8,21H,9-13H2,(H,22,24). The minimum absolute atomic E-state index is 0.0309. The van der Waals surface area contributed by atoms with Crippen molar-refractivity contribution in [2.45, 2.75) is 6.54 Å². The molecule has 2 aromatic carbocycles. The molecule has 2 N–H and O–H groups in total. The van der Waals surface area contributed by atoms with Crippen LogP contribution in [0.15, 0.2) is 48.5 Å². The molecule has 1 aliphatic heterocycles. The summed E-state index contributed by atoms with van der Waals surface area (Å²) in [7, 11) is 0. The highest BCUT2D eigenvalue weighted by atomic mass is 19.1. The minimum Gasteiger partial charge on any atom is -0.348 e. The van der Waals surface area contributed by atoms with Crippen molar-refractivity contribution >= 4 is 11.8 Å². The number of hydrogen-bond donors (Lipinski definition) is 2. The molecule has 1 saturated heterocycles. The van der Waals surface area contributed by atoms with Crippen LogP contribution in [-0.4, -0.2) is 42.9 Å². The molecule has 6 heteroatoms. The molecule has 3 rings (SSSR count). The fourth-order valence-electron chi connectivity index (χ4n) is 2.70. The Labute approximate surface area is 145 Å². The van der Waals surface area contributed by atoms with Crippen molar-refractivity contribution in [2.75, 3.05) is 26.2 Å². The molecule has 1 heterocycles. The maximum Gasteiger partial charge on any atom is 0.253 e. The summed E-state index contributed by atoms with van der Waals surface area (Å²) in [6.07, 6.45) is 0. The van der Waals surface area contributed by atoms with E-state index in [4.69, 9.17) is 0 Å². The zero-order chi connectivity index (χ0) is 17.6. The number of piperazine rings is 1. The number of hydrogen-bond acceptors (Lipinski definition) is 3. The molecular weight excluding hydrogens is 321 g/mol. The maximum atomic E-state index is 12.9. The van der Waals surface area contributed by atoms with E-state index in [9.17, 15) is 14.0 Å². The van der Waals surface area contributed by atoms with Gasteiger partial charge in [0, 0.05) is 43.9 Å². The monoisotopic (exact) mass is 341 g/mol. The second-order valence-electron chi connectivity index (χ2n) is 5.93. The van der Waals surface area contributed by atoms with Crippen LogP contribution in [0.2, 0.25) is 0 Å². The number of amides is 2. The highest BCUT2D eigenvalue weighted by Gasteiger charge is 2.17. The predicted octanol–water partition coefficient (Wildman–Crippen LogP) is 1.80. The van der Waals surface area contributed by atoms with Crippen LogP contribution in [0, 0.1) is 5.82 Å². The van der Waals surface area contributed by atoms with Crippen LogP contribution in [-0.2, 0) is 6.54 Å². The van der Waals surface area contributed by atoms with Crippen LogP contribution in [0.5, 0.6) is 0 Å². The topological polar surface area (TPSA) is 61.4 Å². The van der Waals surface area contributed by atoms with E-state index in [0.29, 0.717) is 30.8 Å². The van der Waals surface area contributed by atoms with Crippen LogP contribution in [0.25, 0.3) is 0 Å². The quantitative estimate of drug-likeness (QED) is 0.891. The first-order chi connectivity index (χ1) is 12.1. The van der Waals surface area contributed by atoms with Crippen LogP contribution in [0.4, 0.5) is 4.39 Å². The molecule has 1 fully saturated rings. The molecule has 0 saturated carbocycles. The second kappa shape index (κ2) is 7.90. The van der Waals surface area contributed by atoms with Gasteiger partial charge in [-0.15, -0.1) is 0 Å². The van der Waals surface area contributed by atoms with E-state index in [-0.39, 0.29) is 17.6 Å². The fraction of sp³-hybridized carbons (Fsp3) is 0.263. The van der Waals surface area contributed by atoms with E-state index < -0.39 is 0 Å². The Morgan fingerprint density at radius 3 is 2.20 bits per heavy atom. The molecule has 0 aliphatic carbocycles. The molecule has 2 amide bonds. The smallest absolute Gasteiger partial charge is 0.253 e. The van der Waals surface area contributed by atoms with Crippen molar-refractivity contribution < 1.29 is 14.0 Å². The van der Waals surface area contributed by atoms with Gasteiger partial charge < -0.3 is 15.5 Å². The number of rotatable bonds is 4. The number of carbonyl (C=O) groups excluding carboxylic acids is 2. The van der Waals surface area contributed by atoms with E-state index in [2.05, 4.69) is 10.6 Å². The summed E-state index contributed by atoms with van der Waals surface area (Å²) < 4.78 is 12.9. The Hall–Kier alpha value is -2.73. The summed E-state index contributed by atoms with van der Waals surface area (Å²) in [4.78, 5) is 26.2. The Kier molecular flexibility index (Phi) is 5.40. The van der Waals surface area contributed by atoms with E-state index in [0.717, 1.165) is 18.7 Å². The van der Waals surface area contributed by atoms with Crippen molar-refractivity contribution in [1.29, 1.82) is 0 Å². The summed E-state index contributed by atoms with van der Waals surface area (Å²) in [5.74, 6) is -0.606. The molecule has 0 bridgehead atoms. The first-order valence-corrected chi connectivity index (χ1v) is 8.26. The summed E-state index contributed by atoms with van der Waals surface area (Å²) in [5.41, 5.74) is 1.95. The van der Waals surface area contributed by atoms with Gasteiger partial charge in [0.2, 0.25) is 0 Å². The first-order valence-electron chi connectivity index (χ1n) is 8.26. The predicted molar refractivity (Wildman–Crippen MR) is 92.8 cm³/mol. The van der Waals surface area contributed by atoms with E-state index in [1.807, 2.05) is 17.0 Å². The summed E-state index contributed by atoms with van der Waals surface area (Å²) in [5, 5.41) is 6.00. The number of halogens is 1. The first kappa shape index (κ1) is 17.1. The molecule has 0 aromatic heterocycles. The van der Waals surface area contributed by atoms with Crippen molar-refractivity contribution in [2.24, 2.45) is 0 Å². The van der Waals surface area contributed by atoms with Crippen molar-refractivity contribution in [1.82, 2.24) is 15.5 Å². The molecule has 2 aromatic rings. The van der Waals surface area contributed by atoms with Gasteiger partial charge in [0.05, 0.1) is 0 Å². The molecule has 130 valence electrons. The van der Waals surface area contributed by atoms with Crippen molar-refractivity contribution in [3.63, 3.8) is 0 Å². The van der Waals surface area contributed by atoms with Crippen LogP contribution in [0.1, 0.15) is 26.3 Å². The molecule has 1 aliphatic rings. The molecule has 0 spiro atoms. The molecule has 5 nitrogen and oxygen atoms in total. The van der Waals surface area contributed by atoms with Gasteiger partial charge in [0.1, 0.15) is 5.82 Å². The van der Waals surface area contributed by atoms with Gasteiger partial charge in [-0.1, -0.05) is 12.1 Å². The van der Waals surface area contributed by atoms with E-state index in [1.54, 1.807) is 12.1 Å². The third-order valence-electron chi connectivity index (χ3n) is 4.16. The third kappa shape index (κ3) is 4.42. The Morgan fingerprint density at radius 2 is 1.56 bits per heavy atom. The van der Waals surface area contributed by atoms with Gasteiger partial charge >= 0.3 is 0 Å². The number of nitrogens with one attached hydrogen (secondary N) is 2. The summed E-state index contributed by atoms with van der Waals surface area (Å²) >= 11 is 0. The van der Waals surface area contributed by atoms with Gasteiger partial charge in [0.15, 0.2) is 0 Å². The molecule has 0 atom stereocenters. The fourth-order valence-corrected chi connectivity index (χ4v) is 2.70. The summed E-state index contributed by atoms with van der Waals surface area (Å²) in [6, 6.07) is 12.6. The van der Waals surface area contributed by atoms with Crippen molar-refractivity contribution in [3.05, 3.63) is 71.0 Å². The van der Waals surface area contributed by atoms with Crippen molar-refractivity contribution in [3.8, 4) is 0 Å². The maximum absolute atomic E-state index is 12.9. The largest absolute Gasteiger partial charge is 0.348 e. The highest BCUT2D eigenvalue weighted by molar-refractivity contribution is 5.95. The zero-order valence-corrected chi connectivity index (χ0v) is 13.8. The minimum atomic E-state index is -0.374. The lowest BCUT2D eigenvalue weighted by atomic mass is 10.1. The molecular formula is C19H20FN3O2. The second-order valence-corrected chi connectivity index (χ2v) is 5.93. The average molecular weight is 341 g/mol. The Balaban J connectivity index is 1.56. The van der Waals surface area contributed by atoms with Crippen LogP contribution in [0.3, 0.4) is 0 Å². The molecule has 25 heavy (non-hydrogen) atoms. The Bertz CT molecular complexity index is 738. The van der Waals surface area contributed by atoms with Gasteiger partial charge in [-0.05, 0) is 42.0 Å². The lowest BCUT2D eigenvalue weighted by Gasteiger charge is -2.27. The number of carbonyl (C=O) groups is 2. The lowest BCUT2D eigenvalue weighted by Crippen LogP contribution is -2.46. The van der Waals surface area contributed by atoms with Gasteiger partial charge in [-0.3, -0.25) is 9.59 Å². The van der Waals surface area contributed by atoms with Crippen LogP contribution < -0.4 is 10.6 Å². The SMILES string of the molecule is O=C(NCc1ccc(C(=O)N2CCNCC2)cc1)c1ccc(F)cc1. The lowest BCUT2D eigenvalue weighted by molar-refractivity contribution is 0.0735. The number of nitrogens with zero attached hydrogens (tertiary/aromatic N) is 1. The van der Waals surface area contributed by atoms with Gasteiger partial charge in [-0.2, -0.15) is 0 Å².